The van der Waals surface area contributed by atoms with Crippen LogP contribution in [0.4, 0.5) is 4.39 Å². The maximum atomic E-state index is 13.7. The first kappa shape index (κ1) is 29.9. The van der Waals surface area contributed by atoms with Gasteiger partial charge in [0.1, 0.15) is 23.9 Å². The summed E-state index contributed by atoms with van der Waals surface area (Å²) in [7, 11) is 5.62. The molecule has 0 saturated carbocycles. The van der Waals surface area contributed by atoms with E-state index in [0.717, 1.165) is 11.1 Å². The SMILES string of the molecule is CCOC(=O)c1c(COc2cccc(F)c2)n(C)c2cc(-c3cccnc3)c(O)c(CN(C)C)c12.Cl.Cl. The number of benzene rings is 2. The number of carbonyl (C=O) groups excluding carboxylic acids is 1. The van der Waals surface area contributed by atoms with Crippen molar-refractivity contribution in [1.82, 2.24) is 14.5 Å². The van der Waals surface area contributed by atoms with Crippen LogP contribution in [0.3, 0.4) is 0 Å². The van der Waals surface area contributed by atoms with Gasteiger partial charge in [-0.25, -0.2) is 9.18 Å². The van der Waals surface area contributed by atoms with E-state index in [1.165, 1.54) is 12.1 Å². The Morgan fingerprint density at radius 3 is 2.54 bits per heavy atom. The summed E-state index contributed by atoms with van der Waals surface area (Å²) in [6.07, 6.45) is 3.35. The van der Waals surface area contributed by atoms with E-state index in [-0.39, 0.29) is 43.8 Å². The van der Waals surface area contributed by atoms with E-state index in [1.807, 2.05) is 42.7 Å². The highest BCUT2D eigenvalue weighted by atomic mass is 35.5. The van der Waals surface area contributed by atoms with E-state index in [1.54, 1.807) is 37.5 Å². The van der Waals surface area contributed by atoms with Crippen LogP contribution < -0.4 is 4.74 Å². The molecule has 0 radical (unpaired) electrons. The van der Waals surface area contributed by atoms with Gasteiger partial charge >= 0.3 is 5.97 Å². The molecule has 0 aliphatic rings. The number of hydrogen-bond acceptors (Lipinski definition) is 6. The Kier molecular flexibility index (Phi) is 10.3. The van der Waals surface area contributed by atoms with Crippen molar-refractivity contribution in [3.63, 3.8) is 0 Å². The van der Waals surface area contributed by atoms with E-state index in [0.29, 0.717) is 40.1 Å². The molecule has 198 valence electrons. The third-order valence-corrected chi connectivity index (χ3v) is 5.78. The number of phenols is 1. The Morgan fingerprint density at radius 2 is 1.92 bits per heavy atom. The Bertz CT molecular complexity index is 1380. The number of halogens is 3. The van der Waals surface area contributed by atoms with Gasteiger partial charge in [0.2, 0.25) is 0 Å². The summed E-state index contributed by atoms with van der Waals surface area (Å²) in [5.41, 5.74) is 3.58. The minimum absolute atomic E-state index is 0. The highest BCUT2D eigenvalue weighted by Crippen LogP contribution is 2.41. The molecule has 4 aromatic rings. The molecule has 0 atom stereocenters. The van der Waals surface area contributed by atoms with Crippen LogP contribution >= 0.6 is 24.8 Å². The lowest BCUT2D eigenvalue weighted by Gasteiger charge is -2.17. The standard InChI is InChI=1S/C27H28FN3O4.2ClH/c1-5-34-27(33)25-23(16-35-19-10-6-9-18(28)12-19)31(4)22-13-20(17-8-7-11-29-14-17)26(32)21(24(22)25)15-30(2)3;;/h6-14,32H,5,15-16H2,1-4H3;2*1H. The average Bonchev–Trinajstić information content (AvgIpc) is 3.11. The monoisotopic (exact) mass is 549 g/mol. The first-order valence-electron chi connectivity index (χ1n) is 11.3. The lowest BCUT2D eigenvalue weighted by molar-refractivity contribution is 0.0525. The zero-order chi connectivity index (χ0) is 25.1. The fourth-order valence-corrected chi connectivity index (χ4v) is 4.23. The first-order valence-corrected chi connectivity index (χ1v) is 11.3. The van der Waals surface area contributed by atoms with Crippen molar-refractivity contribution in [2.45, 2.75) is 20.1 Å². The number of nitrogens with zero attached hydrogens (tertiary/aromatic N) is 3. The molecular formula is C27H30Cl2FN3O4. The fourth-order valence-electron chi connectivity index (χ4n) is 4.23. The number of fused-ring (bicyclic) bond motifs is 1. The molecule has 0 aliphatic carbocycles. The van der Waals surface area contributed by atoms with Gasteiger partial charge in [-0.2, -0.15) is 0 Å². The first-order chi connectivity index (χ1) is 16.8. The maximum Gasteiger partial charge on any atom is 0.340 e. The summed E-state index contributed by atoms with van der Waals surface area (Å²) in [5.74, 6) is -0.501. The van der Waals surface area contributed by atoms with Crippen molar-refractivity contribution in [3.05, 3.63) is 77.5 Å². The second kappa shape index (κ2) is 12.8. The molecule has 7 nitrogen and oxygen atoms in total. The molecule has 0 aliphatic heterocycles. The average molecular weight is 550 g/mol. The number of ether oxygens (including phenoxy) is 2. The zero-order valence-corrected chi connectivity index (χ0v) is 22.7. The molecule has 0 amide bonds. The minimum Gasteiger partial charge on any atom is -0.507 e. The molecule has 0 unspecified atom stereocenters. The molecule has 2 heterocycles. The normalized spacial score (nSPS) is 10.6. The number of phenolic OH excluding ortho intramolecular Hbond substituents is 1. The molecule has 2 aromatic heterocycles. The number of carbonyl (C=O) groups is 1. The predicted octanol–water partition coefficient (Wildman–Crippen LogP) is 5.75. The third kappa shape index (κ3) is 6.15. The van der Waals surface area contributed by atoms with Crippen LogP contribution in [0.15, 0.2) is 54.9 Å². The van der Waals surface area contributed by atoms with Gasteiger partial charge in [-0.15, -0.1) is 24.8 Å². The van der Waals surface area contributed by atoms with Gasteiger partial charge in [0, 0.05) is 54.1 Å². The van der Waals surface area contributed by atoms with Crippen LogP contribution in [0.1, 0.15) is 28.5 Å². The summed E-state index contributed by atoms with van der Waals surface area (Å²) >= 11 is 0. The molecule has 0 saturated heterocycles. The topological polar surface area (TPSA) is 76.8 Å². The van der Waals surface area contributed by atoms with Crippen LogP contribution in [-0.4, -0.2) is 46.2 Å². The predicted molar refractivity (Wildman–Crippen MR) is 146 cm³/mol. The van der Waals surface area contributed by atoms with Gasteiger partial charge in [-0.05, 0) is 45.3 Å². The largest absolute Gasteiger partial charge is 0.507 e. The van der Waals surface area contributed by atoms with Crippen molar-refractivity contribution < 1.29 is 23.8 Å². The summed E-state index contributed by atoms with van der Waals surface area (Å²) in [5, 5.41) is 12.0. The number of hydrogen-bond donors (Lipinski definition) is 1. The van der Waals surface area contributed by atoms with Gasteiger partial charge in [0.05, 0.1) is 23.4 Å². The number of aromatic hydroxyl groups is 1. The van der Waals surface area contributed by atoms with E-state index in [2.05, 4.69) is 4.98 Å². The number of aromatic nitrogens is 2. The fraction of sp³-hybridized carbons (Fsp3) is 0.259. The molecule has 4 rings (SSSR count). The number of pyridine rings is 1. The summed E-state index contributed by atoms with van der Waals surface area (Å²) in [6.45, 7) is 2.33. The Hall–Kier alpha value is -3.33. The second-order valence-electron chi connectivity index (χ2n) is 8.47. The van der Waals surface area contributed by atoms with Crippen LogP contribution in [0, 0.1) is 5.82 Å². The van der Waals surface area contributed by atoms with Gasteiger partial charge in [0.25, 0.3) is 0 Å². The highest BCUT2D eigenvalue weighted by Gasteiger charge is 2.28. The van der Waals surface area contributed by atoms with E-state index in [4.69, 9.17) is 9.47 Å². The van der Waals surface area contributed by atoms with E-state index < -0.39 is 11.8 Å². The number of rotatable bonds is 8. The van der Waals surface area contributed by atoms with Crippen molar-refractivity contribution >= 4 is 41.7 Å². The Morgan fingerprint density at radius 1 is 1.16 bits per heavy atom. The van der Waals surface area contributed by atoms with E-state index in [9.17, 15) is 14.3 Å². The van der Waals surface area contributed by atoms with E-state index >= 15 is 0 Å². The molecule has 0 bridgehead atoms. The summed E-state index contributed by atoms with van der Waals surface area (Å²) in [4.78, 5) is 19.3. The van der Waals surface area contributed by atoms with Gasteiger partial charge in [0.15, 0.2) is 0 Å². The van der Waals surface area contributed by atoms with Crippen LogP contribution in [-0.2, 0) is 24.9 Å². The van der Waals surface area contributed by atoms with Crippen molar-refractivity contribution in [3.8, 4) is 22.6 Å². The maximum absolute atomic E-state index is 13.7. The van der Waals surface area contributed by atoms with Crippen molar-refractivity contribution in [2.75, 3.05) is 20.7 Å². The Labute approximate surface area is 227 Å². The molecule has 37 heavy (non-hydrogen) atoms. The van der Waals surface area contributed by atoms with Gasteiger partial charge in [-0.3, -0.25) is 4.98 Å². The number of esters is 1. The van der Waals surface area contributed by atoms with Crippen molar-refractivity contribution in [1.29, 1.82) is 0 Å². The molecule has 10 heteroatoms. The quantitative estimate of drug-likeness (QED) is 0.282. The second-order valence-corrected chi connectivity index (χ2v) is 8.47. The molecular weight excluding hydrogens is 520 g/mol. The number of aryl methyl sites for hydroxylation is 1. The summed E-state index contributed by atoms with van der Waals surface area (Å²) in [6, 6.07) is 11.4. The minimum atomic E-state index is -0.510. The molecule has 2 aromatic carbocycles. The molecule has 0 fully saturated rings. The van der Waals surface area contributed by atoms with Crippen LogP contribution in [0.5, 0.6) is 11.5 Å². The smallest absolute Gasteiger partial charge is 0.340 e. The molecule has 1 N–H and O–H groups in total. The Balaban J connectivity index is 0.00000241. The lowest BCUT2D eigenvalue weighted by atomic mass is 9.96. The van der Waals surface area contributed by atoms with Crippen LogP contribution in [0.2, 0.25) is 0 Å². The molecule has 0 spiro atoms. The van der Waals surface area contributed by atoms with Gasteiger partial charge < -0.3 is 24.0 Å². The van der Waals surface area contributed by atoms with Gasteiger partial charge in [-0.1, -0.05) is 12.1 Å². The highest BCUT2D eigenvalue weighted by molar-refractivity contribution is 6.09. The van der Waals surface area contributed by atoms with Crippen molar-refractivity contribution in [2.24, 2.45) is 7.05 Å². The lowest BCUT2D eigenvalue weighted by Crippen LogP contribution is -2.13. The van der Waals surface area contributed by atoms with Crippen LogP contribution in [0.25, 0.3) is 22.0 Å². The third-order valence-electron chi connectivity index (χ3n) is 5.78. The summed E-state index contributed by atoms with van der Waals surface area (Å²) < 4.78 is 26.8. The zero-order valence-electron chi connectivity index (χ0n) is 21.0.